The molecule has 1 atom stereocenters. The van der Waals surface area contributed by atoms with Gasteiger partial charge in [0.1, 0.15) is 18.4 Å². The Bertz CT molecular complexity index is 1350. The molecule has 3 aromatic rings. The molecular formula is C29H34FN3O4S. The van der Waals surface area contributed by atoms with Crippen LogP contribution in [0.4, 0.5) is 10.1 Å². The van der Waals surface area contributed by atoms with Crippen LogP contribution in [0.3, 0.4) is 0 Å². The largest absolute Gasteiger partial charge is 0.352 e. The zero-order valence-electron chi connectivity index (χ0n) is 22.1. The Balaban J connectivity index is 2.03. The Kier molecular flexibility index (Phi) is 9.63. The van der Waals surface area contributed by atoms with Crippen LogP contribution in [-0.4, -0.2) is 43.8 Å². The summed E-state index contributed by atoms with van der Waals surface area (Å²) in [7, 11) is -4.14. The SMILES string of the molecule is CCc1ccc(N(CC(=O)N(Cc2ccccc2F)C(C)C(=O)NC(C)C)S(=O)(=O)c2ccccc2)cc1. The van der Waals surface area contributed by atoms with E-state index in [0.717, 1.165) is 16.3 Å². The van der Waals surface area contributed by atoms with Crippen LogP contribution in [0.5, 0.6) is 0 Å². The molecule has 0 aliphatic heterocycles. The molecule has 7 nitrogen and oxygen atoms in total. The number of nitrogens with zero attached hydrogens (tertiary/aromatic N) is 2. The summed E-state index contributed by atoms with van der Waals surface area (Å²) in [6.07, 6.45) is 0.767. The molecule has 0 bridgehead atoms. The van der Waals surface area contributed by atoms with Crippen molar-refractivity contribution in [3.63, 3.8) is 0 Å². The van der Waals surface area contributed by atoms with Crippen molar-refractivity contribution >= 4 is 27.5 Å². The molecule has 1 unspecified atom stereocenters. The van der Waals surface area contributed by atoms with Gasteiger partial charge >= 0.3 is 0 Å². The monoisotopic (exact) mass is 539 g/mol. The molecule has 0 aliphatic rings. The second-order valence-electron chi connectivity index (χ2n) is 9.30. The number of anilines is 1. The van der Waals surface area contributed by atoms with Crippen LogP contribution in [0.25, 0.3) is 0 Å². The highest BCUT2D eigenvalue weighted by atomic mass is 32.2. The Hall–Kier alpha value is -3.72. The van der Waals surface area contributed by atoms with E-state index in [1.54, 1.807) is 57.2 Å². The van der Waals surface area contributed by atoms with Crippen LogP contribution >= 0.6 is 0 Å². The summed E-state index contributed by atoms with van der Waals surface area (Å²) in [5.74, 6) is -1.58. The van der Waals surface area contributed by atoms with E-state index in [1.807, 2.05) is 19.1 Å². The van der Waals surface area contributed by atoms with E-state index < -0.39 is 40.2 Å². The highest BCUT2D eigenvalue weighted by Crippen LogP contribution is 2.25. The lowest BCUT2D eigenvalue weighted by atomic mass is 10.1. The van der Waals surface area contributed by atoms with Crippen molar-refractivity contribution in [2.75, 3.05) is 10.8 Å². The van der Waals surface area contributed by atoms with E-state index in [9.17, 15) is 22.4 Å². The van der Waals surface area contributed by atoms with E-state index in [2.05, 4.69) is 5.32 Å². The number of hydrogen-bond acceptors (Lipinski definition) is 4. The fourth-order valence-electron chi connectivity index (χ4n) is 3.94. The highest BCUT2D eigenvalue weighted by Gasteiger charge is 2.33. The van der Waals surface area contributed by atoms with Crippen molar-refractivity contribution in [2.24, 2.45) is 0 Å². The fourth-order valence-corrected chi connectivity index (χ4v) is 5.38. The molecule has 0 aromatic heterocycles. The van der Waals surface area contributed by atoms with Crippen molar-refractivity contribution in [1.82, 2.24) is 10.2 Å². The van der Waals surface area contributed by atoms with Gasteiger partial charge in [0.05, 0.1) is 10.6 Å². The number of hydrogen-bond donors (Lipinski definition) is 1. The highest BCUT2D eigenvalue weighted by molar-refractivity contribution is 7.92. The van der Waals surface area contributed by atoms with Gasteiger partial charge in [-0.2, -0.15) is 0 Å². The lowest BCUT2D eigenvalue weighted by Crippen LogP contribution is -2.52. The number of sulfonamides is 1. The molecule has 3 aromatic carbocycles. The number of rotatable bonds is 11. The summed E-state index contributed by atoms with van der Waals surface area (Å²) in [5, 5.41) is 2.77. The molecule has 2 amide bonds. The maximum Gasteiger partial charge on any atom is 0.264 e. The molecule has 9 heteroatoms. The third-order valence-electron chi connectivity index (χ3n) is 6.14. The first-order valence-corrected chi connectivity index (χ1v) is 14.0. The summed E-state index contributed by atoms with van der Waals surface area (Å²) in [5.41, 5.74) is 1.54. The third-order valence-corrected chi connectivity index (χ3v) is 7.93. The van der Waals surface area contributed by atoms with E-state index in [-0.39, 0.29) is 23.0 Å². The average molecular weight is 540 g/mol. The van der Waals surface area contributed by atoms with E-state index in [1.165, 1.54) is 35.2 Å². The quantitative estimate of drug-likeness (QED) is 0.388. The lowest BCUT2D eigenvalue weighted by Gasteiger charge is -2.32. The van der Waals surface area contributed by atoms with Gasteiger partial charge in [-0.05, 0) is 63.1 Å². The molecule has 0 saturated heterocycles. The van der Waals surface area contributed by atoms with Gasteiger partial charge in [0.2, 0.25) is 11.8 Å². The van der Waals surface area contributed by atoms with Gasteiger partial charge in [-0.1, -0.05) is 55.5 Å². The molecule has 0 radical (unpaired) electrons. The molecule has 202 valence electrons. The number of benzene rings is 3. The minimum Gasteiger partial charge on any atom is -0.352 e. The van der Waals surface area contributed by atoms with Crippen LogP contribution in [0.1, 0.15) is 38.8 Å². The first-order valence-electron chi connectivity index (χ1n) is 12.5. The number of nitrogens with one attached hydrogen (secondary N) is 1. The smallest absolute Gasteiger partial charge is 0.264 e. The van der Waals surface area contributed by atoms with Crippen LogP contribution in [0, 0.1) is 5.82 Å². The van der Waals surface area contributed by atoms with Gasteiger partial charge in [-0.15, -0.1) is 0 Å². The minimum atomic E-state index is -4.14. The Morgan fingerprint density at radius 3 is 2.08 bits per heavy atom. The van der Waals surface area contributed by atoms with E-state index in [4.69, 9.17) is 0 Å². The topological polar surface area (TPSA) is 86.8 Å². The van der Waals surface area contributed by atoms with E-state index >= 15 is 0 Å². The standard InChI is InChI=1S/C29H34FN3O4S/c1-5-23-15-17-25(18-16-23)33(38(36,37)26-12-7-6-8-13-26)20-28(34)32(22(4)29(35)31-21(2)3)19-24-11-9-10-14-27(24)30/h6-18,21-22H,5,19-20H2,1-4H3,(H,31,35). The van der Waals surface area contributed by atoms with Crippen molar-refractivity contribution < 1.29 is 22.4 Å². The molecular weight excluding hydrogens is 505 g/mol. The maximum atomic E-state index is 14.6. The molecule has 0 heterocycles. The summed E-state index contributed by atoms with van der Waals surface area (Å²) < 4.78 is 43.0. The Labute approximate surface area is 224 Å². The van der Waals surface area contributed by atoms with Gasteiger partial charge in [0.15, 0.2) is 0 Å². The van der Waals surface area contributed by atoms with Crippen molar-refractivity contribution in [3.05, 3.63) is 95.8 Å². The number of aryl methyl sites for hydroxylation is 1. The van der Waals surface area contributed by atoms with Crippen molar-refractivity contribution in [3.8, 4) is 0 Å². The molecule has 3 rings (SSSR count). The first kappa shape index (κ1) is 28.8. The predicted molar refractivity (Wildman–Crippen MR) is 146 cm³/mol. The zero-order chi connectivity index (χ0) is 27.9. The zero-order valence-corrected chi connectivity index (χ0v) is 22.9. The van der Waals surface area contributed by atoms with Gasteiger partial charge in [0, 0.05) is 18.2 Å². The van der Waals surface area contributed by atoms with Crippen LogP contribution in [0.2, 0.25) is 0 Å². The minimum absolute atomic E-state index is 0.0265. The first-order chi connectivity index (χ1) is 18.0. The Morgan fingerprint density at radius 1 is 0.895 bits per heavy atom. The molecule has 0 spiro atoms. The van der Waals surface area contributed by atoms with Crippen LogP contribution in [-0.2, 0) is 32.6 Å². The summed E-state index contributed by atoms with van der Waals surface area (Å²) in [4.78, 5) is 27.9. The number of carbonyl (C=O) groups excluding carboxylic acids is 2. The van der Waals surface area contributed by atoms with E-state index in [0.29, 0.717) is 5.69 Å². The maximum absolute atomic E-state index is 14.6. The molecule has 0 saturated carbocycles. The van der Waals surface area contributed by atoms with Gasteiger partial charge < -0.3 is 10.2 Å². The molecule has 1 N–H and O–H groups in total. The molecule has 0 aliphatic carbocycles. The van der Waals surface area contributed by atoms with Gasteiger partial charge in [-0.25, -0.2) is 12.8 Å². The number of carbonyl (C=O) groups is 2. The summed E-state index contributed by atoms with van der Waals surface area (Å²) in [6, 6.07) is 19.6. The molecule has 38 heavy (non-hydrogen) atoms. The van der Waals surface area contributed by atoms with Crippen LogP contribution < -0.4 is 9.62 Å². The van der Waals surface area contributed by atoms with Crippen molar-refractivity contribution in [2.45, 2.75) is 57.6 Å². The summed E-state index contributed by atoms with van der Waals surface area (Å²) >= 11 is 0. The normalized spacial score (nSPS) is 12.2. The average Bonchev–Trinajstić information content (AvgIpc) is 2.91. The van der Waals surface area contributed by atoms with Gasteiger partial charge in [-0.3, -0.25) is 13.9 Å². The second-order valence-corrected chi connectivity index (χ2v) is 11.2. The van der Waals surface area contributed by atoms with Crippen molar-refractivity contribution in [1.29, 1.82) is 0 Å². The third kappa shape index (κ3) is 6.98. The predicted octanol–water partition coefficient (Wildman–Crippen LogP) is 4.53. The fraction of sp³-hybridized carbons (Fsp3) is 0.310. The Morgan fingerprint density at radius 2 is 1.50 bits per heavy atom. The molecule has 0 fully saturated rings. The van der Waals surface area contributed by atoms with Gasteiger partial charge in [0.25, 0.3) is 10.0 Å². The second kappa shape index (κ2) is 12.7. The number of amides is 2. The van der Waals surface area contributed by atoms with Crippen LogP contribution in [0.15, 0.2) is 83.8 Å². The summed E-state index contributed by atoms with van der Waals surface area (Å²) in [6.45, 7) is 6.34. The lowest BCUT2D eigenvalue weighted by molar-refractivity contribution is -0.139. The number of halogens is 1.